The normalized spacial score (nSPS) is 12.0. The minimum Gasteiger partial charge on any atom is -0.383 e. The fraction of sp³-hybridized carbons (Fsp3) is 0.667. The molecule has 0 amide bonds. The van der Waals surface area contributed by atoms with Crippen molar-refractivity contribution >= 4 is 17.3 Å². The summed E-state index contributed by atoms with van der Waals surface area (Å²) in [4.78, 5) is 20.8. The number of likely N-dealkylation sites (N-methyl/N-ethyl adjacent to an activating group) is 1. The molecule has 0 aliphatic heterocycles. The van der Waals surface area contributed by atoms with Crippen LogP contribution in [0.5, 0.6) is 0 Å². The zero-order valence-electron chi connectivity index (χ0n) is 12.3. The highest BCUT2D eigenvalue weighted by molar-refractivity contribution is 5.70. The van der Waals surface area contributed by atoms with Gasteiger partial charge in [-0.15, -0.1) is 0 Å². The van der Waals surface area contributed by atoms with E-state index in [4.69, 9.17) is 4.74 Å². The van der Waals surface area contributed by atoms with Gasteiger partial charge in [0.25, 0.3) is 0 Å². The fourth-order valence-electron chi connectivity index (χ4n) is 2.05. The molecule has 0 aromatic carbocycles. The van der Waals surface area contributed by atoms with Crippen LogP contribution >= 0.6 is 0 Å². The highest BCUT2D eigenvalue weighted by atomic mass is 16.6. The van der Waals surface area contributed by atoms with E-state index >= 15 is 0 Å². The number of aromatic nitrogens is 2. The number of nitrogens with zero attached hydrogens (tertiary/aromatic N) is 4. The third-order valence-electron chi connectivity index (χ3n) is 2.88. The summed E-state index contributed by atoms with van der Waals surface area (Å²) in [6.07, 6.45) is 1.34. The van der Waals surface area contributed by atoms with E-state index in [0.717, 1.165) is 0 Å². The van der Waals surface area contributed by atoms with E-state index in [2.05, 4.69) is 15.3 Å². The molecule has 1 atom stereocenters. The second-order valence-electron chi connectivity index (χ2n) is 4.27. The first-order valence-corrected chi connectivity index (χ1v) is 6.55. The van der Waals surface area contributed by atoms with E-state index in [9.17, 15) is 10.1 Å². The predicted molar refractivity (Wildman–Crippen MR) is 77.2 cm³/mol. The van der Waals surface area contributed by atoms with Gasteiger partial charge in [0.2, 0.25) is 11.6 Å². The van der Waals surface area contributed by atoms with Crippen LogP contribution in [0.2, 0.25) is 0 Å². The first kappa shape index (κ1) is 16.1. The van der Waals surface area contributed by atoms with Gasteiger partial charge >= 0.3 is 5.69 Å². The Labute approximate surface area is 118 Å². The summed E-state index contributed by atoms with van der Waals surface area (Å²) in [5.74, 6) is 0.554. The Kier molecular flexibility index (Phi) is 6.10. The summed E-state index contributed by atoms with van der Waals surface area (Å²) in [7, 11) is 1.60. The standard InChI is InChI=1S/C12H21N5O3/c1-5-13-11-10(17(18)19)12(15-8-14-11)16(6-2)9(3)7-20-4/h8-9H,5-7H2,1-4H3,(H,13,14,15). The summed E-state index contributed by atoms with van der Waals surface area (Å²) >= 11 is 0. The van der Waals surface area contributed by atoms with Crippen molar-refractivity contribution in [3.8, 4) is 0 Å². The lowest BCUT2D eigenvalue weighted by molar-refractivity contribution is -0.383. The molecule has 8 nitrogen and oxygen atoms in total. The Bertz CT molecular complexity index is 455. The Morgan fingerprint density at radius 2 is 2.20 bits per heavy atom. The lowest BCUT2D eigenvalue weighted by Crippen LogP contribution is -2.37. The van der Waals surface area contributed by atoms with Crippen molar-refractivity contribution in [2.45, 2.75) is 26.8 Å². The van der Waals surface area contributed by atoms with Crippen molar-refractivity contribution < 1.29 is 9.66 Å². The molecule has 1 rings (SSSR count). The van der Waals surface area contributed by atoms with E-state index in [1.165, 1.54) is 6.33 Å². The first-order chi connectivity index (χ1) is 9.56. The molecule has 1 aromatic rings. The van der Waals surface area contributed by atoms with E-state index in [0.29, 0.717) is 25.5 Å². The van der Waals surface area contributed by atoms with Crippen LogP contribution in [0, 0.1) is 10.1 Å². The van der Waals surface area contributed by atoms with Crippen LogP contribution in [0.15, 0.2) is 6.33 Å². The fourth-order valence-corrected chi connectivity index (χ4v) is 2.05. The molecule has 0 bridgehead atoms. The average Bonchev–Trinajstić information content (AvgIpc) is 2.40. The molecule has 0 spiro atoms. The molecule has 1 N–H and O–H groups in total. The minimum absolute atomic E-state index is 0.0203. The molecule has 1 aromatic heterocycles. The number of ether oxygens (including phenoxy) is 1. The molecule has 1 unspecified atom stereocenters. The Morgan fingerprint density at radius 3 is 2.70 bits per heavy atom. The quantitative estimate of drug-likeness (QED) is 0.573. The van der Waals surface area contributed by atoms with Crippen LogP contribution in [0.4, 0.5) is 17.3 Å². The van der Waals surface area contributed by atoms with Gasteiger partial charge < -0.3 is 15.0 Å². The van der Waals surface area contributed by atoms with Gasteiger partial charge in [-0.1, -0.05) is 0 Å². The largest absolute Gasteiger partial charge is 0.383 e. The molecule has 0 aliphatic carbocycles. The van der Waals surface area contributed by atoms with Crippen LogP contribution in [0.1, 0.15) is 20.8 Å². The van der Waals surface area contributed by atoms with Gasteiger partial charge in [0, 0.05) is 20.2 Å². The highest BCUT2D eigenvalue weighted by Crippen LogP contribution is 2.32. The smallest absolute Gasteiger partial charge is 0.353 e. The molecule has 1 heterocycles. The molecule has 0 saturated heterocycles. The molecule has 0 saturated carbocycles. The van der Waals surface area contributed by atoms with Crippen molar-refractivity contribution in [2.24, 2.45) is 0 Å². The molecule has 20 heavy (non-hydrogen) atoms. The number of anilines is 2. The number of rotatable bonds is 8. The van der Waals surface area contributed by atoms with E-state index in [1.807, 2.05) is 25.7 Å². The van der Waals surface area contributed by atoms with Gasteiger partial charge in [0.05, 0.1) is 17.6 Å². The third-order valence-corrected chi connectivity index (χ3v) is 2.88. The molecule has 112 valence electrons. The van der Waals surface area contributed by atoms with Crippen molar-refractivity contribution in [2.75, 3.05) is 37.0 Å². The second kappa shape index (κ2) is 7.59. The SMILES string of the molecule is CCNc1ncnc(N(CC)C(C)COC)c1[N+](=O)[O-]. The lowest BCUT2D eigenvalue weighted by Gasteiger charge is -2.28. The van der Waals surface area contributed by atoms with Crippen LogP contribution in [-0.2, 0) is 4.74 Å². The number of hydrogen-bond donors (Lipinski definition) is 1. The Hall–Kier alpha value is -1.96. The predicted octanol–water partition coefficient (Wildman–Crippen LogP) is 1.68. The number of hydrogen-bond acceptors (Lipinski definition) is 7. The first-order valence-electron chi connectivity index (χ1n) is 6.55. The molecular formula is C12H21N5O3. The maximum atomic E-state index is 11.3. The highest BCUT2D eigenvalue weighted by Gasteiger charge is 2.28. The summed E-state index contributed by atoms with van der Waals surface area (Å²) in [5.41, 5.74) is -0.0980. The molecule has 0 fully saturated rings. The van der Waals surface area contributed by atoms with Gasteiger partial charge in [0.15, 0.2) is 0 Å². The minimum atomic E-state index is -0.449. The monoisotopic (exact) mass is 283 g/mol. The maximum Gasteiger partial charge on any atom is 0.353 e. The van der Waals surface area contributed by atoms with Gasteiger partial charge in [-0.3, -0.25) is 10.1 Å². The molecular weight excluding hydrogens is 262 g/mol. The third kappa shape index (κ3) is 3.53. The molecule has 8 heteroatoms. The van der Waals surface area contributed by atoms with E-state index in [1.54, 1.807) is 7.11 Å². The lowest BCUT2D eigenvalue weighted by atomic mass is 10.2. The summed E-state index contributed by atoms with van der Waals surface area (Å²) in [6.45, 7) is 7.32. The summed E-state index contributed by atoms with van der Waals surface area (Å²) in [5, 5.41) is 14.2. The van der Waals surface area contributed by atoms with Gasteiger partial charge in [-0.05, 0) is 20.8 Å². The van der Waals surface area contributed by atoms with Gasteiger partial charge in [-0.25, -0.2) is 9.97 Å². The summed E-state index contributed by atoms with van der Waals surface area (Å²) in [6, 6.07) is -0.0203. The van der Waals surface area contributed by atoms with Gasteiger partial charge in [0.1, 0.15) is 6.33 Å². The van der Waals surface area contributed by atoms with Crippen molar-refractivity contribution in [3.05, 3.63) is 16.4 Å². The van der Waals surface area contributed by atoms with Gasteiger partial charge in [-0.2, -0.15) is 0 Å². The molecule has 0 aliphatic rings. The van der Waals surface area contributed by atoms with Crippen molar-refractivity contribution in [3.63, 3.8) is 0 Å². The maximum absolute atomic E-state index is 11.3. The van der Waals surface area contributed by atoms with Crippen LogP contribution in [0.3, 0.4) is 0 Å². The molecule has 0 radical (unpaired) electrons. The van der Waals surface area contributed by atoms with Crippen molar-refractivity contribution in [1.29, 1.82) is 0 Å². The zero-order valence-corrected chi connectivity index (χ0v) is 12.3. The number of nitrogens with one attached hydrogen (secondary N) is 1. The topological polar surface area (TPSA) is 93.4 Å². The zero-order chi connectivity index (χ0) is 15.1. The number of methoxy groups -OCH3 is 1. The Morgan fingerprint density at radius 1 is 1.50 bits per heavy atom. The second-order valence-corrected chi connectivity index (χ2v) is 4.27. The van der Waals surface area contributed by atoms with E-state index in [-0.39, 0.29) is 17.5 Å². The average molecular weight is 283 g/mol. The van der Waals surface area contributed by atoms with E-state index < -0.39 is 4.92 Å². The van der Waals surface area contributed by atoms with Crippen LogP contribution < -0.4 is 10.2 Å². The van der Waals surface area contributed by atoms with Crippen molar-refractivity contribution in [1.82, 2.24) is 9.97 Å². The van der Waals surface area contributed by atoms with Crippen LogP contribution in [0.25, 0.3) is 0 Å². The summed E-state index contributed by atoms with van der Waals surface area (Å²) < 4.78 is 5.12. The number of nitro groups is 1. The Balaban J connectivity index is 3.26. The van der Waals surface area contributed by atoms with Crippen LogP contribution in [-0.4, -0.2) is 47.7 Å².